The summed E-state index contributed by atoms with van der Waals surface area (Å²) in [5, 5.41) is 5.26. The standard InChI is InChI=1S/C11H9ClN2O3/c12-7-3-6(16-11(13)15)4-8-9(7)10(14-17-8)5-1-2-5/h3-5H,1-2H2,(H2,13,15). The van der Waals surface area contributed by atoms with E-state index in [4.69, 9.17) is 26.6 Å². The lowest BCUT2D eigenvalue weighted by Gasteiger charge is -2.01. The highest BCUT2D eigenvalue weighted by Gasteiger charge is 2.30. The molecule has 1 fully saturated rings. The van der Waals surface area contributed by atoms with Gasteiger partial charge in [-0.25, -0.2) is 4.79 Å². The number of aromatic nitrogens is 1. The van der Waals surface area contributed by atoms with Gasteiger partial charge in [-0.15, -0.1) is 0 Å². The van der Waals surface area contributed by atoms with Crippen LogP contribution in [0.5, 0.6) is 5.75 Å². The molecule has 1 heterocycles. The first-order valence-electron chi connectivity index (χ1n) is 5.21. The minimum atomic E-state index is -0.887. The minimum absolute atomic E-state index is 0.258. The maximum Gasteiger partial charge on any atom is 0.409 e. The molecule has 2 N–H and O–H groups in total. The number of ether oxygens (including phenoxy) is 1. The van der Waals surface area contributed by atoms with Crippen LogP contribution >= 0.6 is 11.6 Å². The van der Waals surface area contributed by atoms with Crippen molar-refractivity contribution < 1.29 is 14.1 Å². The Balaban J connectivity index is 2.11. The molecule has 1 amide bonds. The van der Waals surface area contributed by atoms with Crippen LogP contribution in [0.15, 0.2) is 16.7 Å². The summed E-state index contributed by atoms with van der Waals surface area (Å²) in [5.74, 6) is 0.699. The number of fused-ring (bicyclic) bond motifs is 1. The van der Waals surface area contributed by atoms with Gasteiger partial charge in [0.2, 0.25) is 0 Å². The molecule has 1 aromatic carbocycles. The monoisotopic (exact) mass is 252 g/mol. The van der Waals surface area contributed by atoms with E-state index in [-0.39, 0.29) is 5.75 Å². The predicted octanol–water partition coefficient (Wildman–Crippen LogP) is 2.82. The van der Waals surface area contributed by atoms with Gasteiger partial charge in [0.05, 0.1) is 16.1 Å². The largest absolute Gasteiger partial charge is 0.410 e. The molecule has 1 aromatic heterocycles. The molecule has 88 valence electrons. The van der Waals surface area contributed by atoms with Gasteiger partial charge >= 0.3 is 6.09 Å². The summed E-state index contributed by atoms with van der Waals surface area (Å²) in [6.45, 7) is 0. The number of nitrogens with zero attached hydrogens (tertiary/aromatic N) is 1. The molecule has 0 aliphatic heterocycles. The van der Waals surface area contributed by atoms with E-state index in [1.54, 1.807) is 6.07 Å². The van der Waals surface area contributed by atoms with Crippen molar-refractivity contribution in [1.29, 1.82) is 0 Å². The third kappa shape index (κ3) is 1.82. The zero-order valence-corrected chi connectivity index (χ0v) is 9.53. The number of halogens is 1. The Morgan fingerprint density at radius 2 is 2.29 bits per heavy atom. The molecule has 2 aromatic rings. The van der Waals surface area contributed by atoms with E-state index in [9.17, 15) is 4.79 Å². The number of nitrogens with two attached hydrogens (primary N) is 1. The summed E-state index contributed by atoms with van der Waals surface area (Å²) in [7, 11) is 0. The maximum absolute atomic E-state index is 10.7. The zero-order chi connectivity index (χ0) is 12.0. The number of benzene rings is 1. The van der Waals surface area contributed by atoms with Crippen molar-refractivity contribution >= 4 is 28.7 Å². The van der Waals surface area contributed by atoms with Gasteiger partial charge in [-0.05, 0) is 12.8 Å². The SMILES string of the molecule is NC(=O)Oc1cc(Cl)c2c(C3CC3)noc2c1. The molecule has 0 bridgehead atoms. The van der Waals surface area contributed by atoms with Gasteiger partial charge < -0.3 is 15.0 Å². The zero-order valence-electron chi connectivity index (χ0n) is 8.77. The Hall–Kier alpha value is -1.75. The Morgan fingerprint density at radius 3 is 2.94 bits per heavy atom. The van der Waals surface area contributed by atoms with Gasteiger partial charge in [-0.1, -0.05) is 16.8 Å². The van der Waals surface area contributed by atoms with Crippen LogP contribution in [-0.2, 0) is 0 Å². The Morgan fingerprint density at radius 1 is 1.53 bits per heavy atom. The third-order valence-electron chi connectivity index (χ3n) is 2.71. The number of carbonyl (C=O) groups is 1. The van der Waals surface area contributed by atoms with E-state index < -0.39 is 6.09 Å². The van der Waals surface area contributed by atoms with E-state index in [2.05, 4.69) is 5.16 Å². The van der Waals surface area contributed by atoms with Gasteiger partial charge in [-0.2, -0.15) is 0 Å². The van der Waals surface area contributed by atoms with Crippen LogP contribution in [0.1, 0.15) is 24.5 Å². The van der Waals surface area contributed by atoms with Gasteiger partial charge in [-0.3, -0.25) is 0 Å². The average molecular weight is 253 g/mol. The summed E-state index contributed by atoms with van der Waals surface area (Å²) in [6, 6.07) is 3.10. The fourth-order valence-electron chi connectivity index (χ4n) is 1.83. The lowest BCUT2D eigenvalue weighted by molar-refractivity contribution is 0.211. The Bertz CT molecular complexity index is 604. The molecule has 3 rings (SSSR count). The van der Waals surface area contributed by atoms with Gasteiger partial charge in [0.15, 0.2) is 5.58 Å². The fourth-order valence-corrected chi connectivity index (χ4v) is 2.13. The van der Waals surface area contributed by atoms with Crippen molar-refractivity contribution in [3.8, 4) is 5.75 Å². The molecule has 0 saturated heterocycles. The fraction of sp³-hybridized carbons (Fsp3) is 0.273. The van der Waals surface area contributed by atoms with Crippen molar-refractivity contribution in [1.82, 2.24) is 5.16 Å². The minimum Gasteiger partial charge on any atom is -0.410 e. The van der Waals surface area contributed by atoms with Crippen molar-refractivity contribution in [2.24, 2.45) is 5.73 Å². The molecule has 5 nitrogen and oxygen atoms in total. The van der Waals surface area contributed by atoms with Gasteiger partial charge in [0.1, 0.15) is 5.75 Å². The normalized spacial score (nSPS) is 15.1. The van der Waals surface area contributed by atoms with Crippen molar-refractivity contribution in [3.05, 3.63) is 22.8 Å². The molecule has 1 saturated carbocycles. The highest BCUT2D eigenvalue weighted by atomic mass is 35.5. The Kier molecular flexibility index (Phi) is 2.22. The maximum atomic E-state index is 10.7. The molecular weight excluding hydrogens is 244 g/mol. The van der Waals surface area contributed by atoms with E-state index in [0.29, 0.717) is 16.5 Å². The molecule has 6 heteroatoms. The van der Waals surface area contributed by atoms with E-state index in [1.807, 2.05) is 0 Å². The number of primary amides is 1. The molecule has 1 aliphatic rings. The Labute approximate surface area is 101 Å². The molecule has 17 heavy (non-hydrogen) atoms. The molecule has 0 atom stereocenters. The number of carbonyl (C=O) groups excluding carboxylic acids is 1. The predicted molar refractivity (Wildman–Crippen MR) is 61.2 cm³/mol. The van der Waals surface area contributed by atoms with Gasteiger partial charge in [0.25, 0.3) is 0 Å². The topological polar surface area (TPSA) is 78.4 Å². The lowest BCUT2D eigenvalue weighted by Crippen LogP contribution is -2.16. The molecule has 0 spiro atoms. The second-order valence-electron chi connectivity index (χ2n) is 4.04. The van der Waals surface area contributed by atoms with Crippen LogP contribution in [0.25, 0.3) is 11.0 Å². The first kappa shape index (κ1) is 10.4. The van der Waals surface area contributed by atoms with E-state index in [1.165, 1.54) is 6.07 Å². The van der Waals surface area contributed by atoms with Crippen molar-refractivity contribution in [2.45, 2.75) is 18.8 Å². The number of rotatable bonds is 2. The number of hydrogen-bond donors (Lipinski definition) is 1. The van der Waals surface area contributed by atoms with Crippen LogP contribution < -0.4 is 10.5 Å². The van der Waals surface area contributed by atoms with Crippen LogP contribution in [0.3, 0.4) is 0 Å². The van der Waals surface area contributed by atoms with E-state index in [0.717, 1.165) is 23.9 Å². The summed E-state index contributed by atoms with van der Waals surface area (Å²) >= 11 is 6.13. The molecular formula is C11H9ClN2O3. The molecule has 1 aliphatic carbocycles. The van der Waals surface area contributed by atoms with Crippen LogP contribution in [0.2, 0.25) is 5.02 Å². The number of hydrogen-bond acceptors (Lipinski definition) is 4. The third-order valence-corrected chi connectivity index (χ3v) is 3.01. The van der Waals surface area contributed by atoms with Crippen molar-refractivity contribution in [2.75, 3.05) is 0 Å². The average Bonchev–Trinajstić information content (AvgIpc) is 2.98. The van der Waals surface area contributed by atoms with E-state index >= 15 is 0 Å². The summed E-state index contributed by atoms with van der Waals surface area (Å²) in [6.07, 6.45) is 1.33. The first-order chi connectivity index (χ1) is 8.15. The first-order valence-corrected chi connectivity index (χ1v) is 5.59. The van der Waals surface area contributed by atoms with Crippen molar-refractivity contribution in [3.63, 3.8) is 0 Å². The summed E-state index contributed by atoms with van der Waals surface area (Å²) in [4.78, 5) is 10.7. The smallest absolute Gasteiger partial charge is 0.409 e. The number of amides is 1. The van der Waals surface area contributed by atoms with Crippen LogP contribution in [0, 0.1) is 0 Å². The van der Waals surface area contributed by atoms with Crippen LogP contribution in [0.4, 0.5) is 4.79 Å². The highest BCUT2D eigenvalue weighted by Crippen LogP contribution is 2.45. The quantitative estimate of drug-likeness (QED) is 0.891. The second-order valence-corrected chi connectivity index (χ2v) is 4.45. The van der Waals surface area contributed by atoms with Gasteiger partial charge in [0, 0.05) is 18.1 Å². The second kappa shape index (κ2) is 3.63. The summed E-state index contributed by atoms with van der Waals surface area (Å²) < 4.78 is 9.94. The van der Waals surface area contributed by atoms with Crippen LogP contribution in [-0.4, -0.2) is 11.2 Å². The summed E-state index contributed by atoms with van der Waals surface area (Å²) in [5.41, 5.74) is 6.33. The highest BCUT2D eigenvalue weighted by molar-refractivity contribution is 6.35. The lowest BCUT2D eigenvalue weighted by atomic mass is 10.1. The molecule has 0 radical (unpaired) electrons. The molecule has 0 unspecified atom stereocenters.